The maximum atomic E-state index is 11.7. The molecular formula is C21H39N5O2. The number of ether oxygens (including phenoxy) is 1. The Morgan fingerprint density at radius 2 is 1.89 bits per heavy atom. The predicted molar refractivity (Wildman–Crippen MR) is 113 cm³/mol. The van der Waals surface area contributed by atoms with Crippen LogP contribution in [0.5, 0.6) is 0 Å². The topological polar surface area (TPSA) is 69.2 Å². The molecule has 0 radical (unpaired) electrons. The van der Waals surface area contributed by atoms with Crippen LogP contribution in [0.3, 0.4) is 0 Å². The van der Waals surface area contributed by atoms with Gasteiger partial charge >= 0.3 is 0 Å². The number of nitrogens with zero attached hydrogens (tertiary/aromatic N) is 3. The Kier molecular flexibility index (Phi) is 8.40. The average molecular weight is 394 g/mol. The summed E-state index contributed by atoms with van der Waals surface area (Å²) in [7, 11) is 0. The van der Waals surface area contributed by atoms with Gasteiger partial charge in [-0.25, -0.2) is 0 Å². The minimum absolute atomic E-state index is 0.201. The van der Waals surface area contributed by atoms with Crippen molar-refractivity contribution in [3.8, 4) is 0 Å². The maximum absolute atomic E-state index is 11.7. The highest BCUT2D eigenvalue weighted by Gasteiger charge is 2.38. The third-order valence-corrected chi connectivity index (χ3v) is 6.41. The van der Waals surface area contributed by atoms with Crippen LogP contribution in [-0.4, -0.2) is 86.2 Å². The predicted octanol–water partition coefficient (Wildman–Crippen LogP) is 1.59. The van der Waals surface area contributed by atoms with Gasteiger partial charge in [0.05, 0.1) is 19.8 Å². The van der Waals surface area contributed by atoms with E-state index in [2.05, 4.69) is 22.5 Å². The standard InChI is InChI=1S/C21H39N5O2/c1-2-22-20(23-11-7-13-25-12-6-8-19(25)27)24-18-21(9-4-3-5-10-21)26-14-16-28-17-15-26/h2-18H2,1H3,(H2,22,23,24). The lowest BCUT2D eigenvalue weighted by atomic mass is 9.80. The van der Waals surface area contributed by atoms with E-state index in [4.69, 9.17) is 9.73 Å². The Balaban J connectivity index is 1.52. The molecule has 0 aromatic carbocycles. The summed E-state index contributed by atoms with van der Waals surface area (Å²) in [5.74, 6) is 1.22. The molecule has 1 saturated carbocycles. The normalized spacial score (nSPS) is 23.8. The molecule has 3 aliphatic rings. The first-order chi connectivity index (χ1) is 13.7. The summed E-state index contributed by atoms with van der Waals surface area (Å²) in [6, 6.07) is 0. The molecule has 2 N–H and O–H groups in total. The fourth-order valence-electron chi connectivity index (χ4n) is 4.81. The highest BCUT2D eigenvalue weighted by Crippen LogP contribution is 2.34. The van der Waals surface area contributed by atoms with Gasteiger partial charge in [0.2, 0.25) is 5.91 Å². The van der Waals surface area contributed by atoms with E-state index in [1.807, 2.05) is 4.90 Å². The lowest BCUT2D eigenvalue weighted by Gasteiger charge is -2.47. The van der Waals surface area contributed by atoms with Crippen LogP contribution >= 0.6 is 0 Å². The van der Waals surface area contributed by atoms with Crippen LogP contribution in [0.25, 0.3) is 0 Å². The van der Waals surface area contributed by atoms with Crippen molar-refractivity contribution in [3.05, 3.63) is 0 Å². The fourth-order valence-corrected chi connectivity index (χ4v) is 4.81. The summed E-state index contributed by atoms with van der Waals surface area (Å²) in [6.45, 7) is 10.2. The summed E-state index contributed by atoms with van der Waals surface area (Å²) in [4.78, 5) is 21.4. The first-order valence-corrected chi connectivity index (χ1v) is 11.4. The molecule has 2 saturated heterocycles. The van der Waals surface area contributed by atoms with Crippen LogP contribution < -0.4 is 10.6 Å². The lowest BCUT2D eigenvalue weighted by molar-refractivity contribution is -0.127. The molecule has 160 valence electrons. The van der Waals surface area contributed by atoms with Crippen molar-refractivity contribution in [1.82, 2.24) is 20.4 Å². The van der Waals surface area contributed by atoms with E-state index >= 15 is 0 Å². The summed E-state index contributed by atoms with van der Waals surface area (Å²) in [5.41, 5.74) is 0.201. The second-order valence-corrected chi connectivity index (χ2v) is 8.34. The molecule has 0 unspecified atom stereocenters. The summed E-state index contributed by atoms with van der Waals surface area (Å²) in [6.07, 6.45) is 9.15. The monoisotopic (exact) mass is 393 g/mol. The molecule has 0 atom stereocenters. The van der Waals surface area contributed by atoms with E-state index in [1.54, 1.807) is 0 Å². The van der Waals surface area contributed by atoms with Crippen LogP contribution in [0.2, 0.25) is 0 Å². The molecule has 0 bridgehead atoms. The van der Waals surface area contributed by atoms with Crippen molar-refractivity contribution in [2.75, 3.05) is 59.0 Å². The van der Waals surface area contributed by atoms with Gasteiger partial charge in [0.25, 0.3) is 0 Å². The molecule has 1 amide bonds. The number of aliphatic imine (C=N–C) groups is 1. The number of rotatable bonds is 8. The SMILES string of the molecule is CCNC(=NCC1(N2CCOCC2)CCCCC1)NCCCN1CCCC1=O. The molecule has 28 heavy (non-hydrogen) atoms. The second kappa shape index (κ2) is 11.0. The zero-order valence-electron chi connectivity index (χ0n) is 17.7. The Hall–Kier alpha value is -1.34. The minimum Gasteiger partial charge on any atom is -0.379 e. The van der Waals surface area contributed by atoms with E-state index in [0.717, 1.165) is 84.2 Å². The van der Waals surface area contributed by atoms with Crippen molar-refractivity contribution in [1.29, 1.82) is 0 Å². The average Bonchev–Trinajstić information content (AvgIpc) is 3.15. The second-order valence-electron chi connectivity index (χ2n) is 8.34. The van der Waals surface area contributed by atoms with Crippen LogP contribution in [0, 0.1) is 0 Å². The third-order valence-electron chi connectivity index (χ3n) is 6.41. The van der Waals surface area contributed by atoms with Gasteiger partial charge in [0.15, 0.2) is 5.96 Å². The maximum Gasteiger partial charge on any atom is 0.222 e. The highest BCUT2D eigenvalue weighted by molar-refractivity contribution is 5.80. The Morgan fingerprint density at radius 3 is 2.57 bits per heavy atom. The van der Waals surface area contributed by atoms with Gasteiger partial charge in [-0.15, -0.1) is 0 Å². The molecule has 2 aliphatic heterocycles. The molecule has 2 heterocycles. The van der Waals surface area contributed by atoms with E-state index in [1.165, 1.54) is 32.1 Å². The summed E-state index contributed by atoms with van der Waals surface area (Å²) >= 11 is 0. The molecule has 7 heteroatoms. The van der Waals surface area contributed by atoms with Crippen molar-refractivity contribution >= 4 is 11.9 Å². The first kappa shape index (κ1) is 21.4. The van der Waals surface area contributed by atoms with Crippen LogP contribution in [-0.2, 0) is 9.53 Å². The van der Waals surface area contributed by atoms with Gasteiger partial charge in [0.1, 0.15) is 0 Å². The molecule has 0 aromatic rings. The van der Waals surface area contributed by atoms with Crippen LogP contribution in [0.1, 0.15) is 58.3 Å². The number of morpholine rings is 1. The van der Waals surface area contributed by atoms with E-state index in [9.17, 15) is 4.79 Å². The zero-order chi connectivity index (χ0) is 19.7. The smallest absolute Gasteiger partial charge is 0.222 e. The van der Waals surface area contributed by atoms with Crippen LogP contribution in [0.15, 0.2) is 4.99 Å². The first-order valence-electron chi connectivity index (χ1n) is 11.4. The number of carbonyl (C=O) groups excluding carboxylic acids is 1. The number of likely N-dealkylation sites (tertiary alicyclic amines) is 1. The summed E-state index contributed by atoms with van der Waals surface area (Å²) in [5, 5.41) is 6.87. The molecule has 3 rings (SSSR count). The van der Waals surface area contributed by atoms with Crippen LogP contribution in [0.4, 0.5) is 0 Å². The van der Waals surface area contributed by atoms with E-state index in [-0.39, 0.29) is 5.54 Å². The zero-order valence-corrected chi connectivity index (χ0v) is 17.7. The Bertz CT molecular complexity index is 513. The van der Waals surface area contributed by atoms with Gasteiger partial charge < -0.3 is 20.3 Å². The van der Waals surface area contributed by atoms with E-state index in [0.29, 0.717) is 5.91 Å². The van der Waals surface area contributed by atoms with Gasteiger partial charge in [-0.2, -0.15) is 0 Å². The number of guanidine groups is 1. The number of hydrogen-bond acceptors (Lipinski definition) is 4. The van der Waals surface area contributed by atoms with Gasteiger partial charge in [-0.3, -0.25) is 14.7 Å². The number of hydrogen-bond donors (Lipinski definition) is 2. The molecule has 7 nitrogen and oxygen atoms in total. The molecule has 0 spiro atoms. The fraction of sp³-hybridized carbons (Fsp3) is 0.905. The molecule has 1 aliphatic carbocycles. The van der Waals surface area contributed by atoms with Crippen molar-refractivity contribution in [3.63, 3.8) is 0 Å². The summed E-state index contributed by atoms with van der Waals surface area (Å²) < 4.78 is 5.58. The molecular weight excluding hydrogens is 354 g/mol. The number of carbonyl (C=O) groups is 1. The number of amides is 1. The highest BCUT2D eigenvalue weighted by atomic mass is 16.5. The Morgan fingerprint density at radius 1 is 1.11 bits per heavy atom. The third kappa shape index (κ3) is 5.83. The van der Waals surface area contributed by atoms with Crippen molar-refractivity contribution in [2.24, 2.45) is 4.99 Å². The van der Waals surface area contributed by atoms with Gasteiger partial charge in [-0.1, -0.05) is 19.3 Å². The number of nitrogens with one attached hydrogen (secondary N) is 2. The molecule has 0 aromatic heterocycles. The van der Waals surface area contributed by atoms with Crippen molar-refractivity contribution < 1.29 is 9.53 Å². The Labute approximate surface area is 170 Å². The van der Waals surface area contributed by atoms with Gasteiger partial charge in [0, 0.05) is 51.2 Å². The van der Waals surface area contributed by atoms with E-state index < -0.39 is 0 Å². The van der Waals surface area contributed by atoms with Crippen molar-refractivity contribution in [2.45, 2.75) is 63.8 Å². The van der Waals surface area contributed by atoms with Gasteiger partial charge in [-0.05, 0) is 32.6 Å². The molecule has 3 fully saturated rings. The largest absolute Gasteiger partial charge is 0.379 e. The quantitative estimate of drug-likeness (QED) is 0.372. The minimum atomic E-state index is 0.201. The lowest BCUT2D eigenvalue weighted by Crippen LogP contribution is -2.56.